The smallest absolute Gasteiger partial charge is 0.164 e. The molecule has 0 atom stereocenters. The quantitative estimate of drug-likeness (QED) is 0.686. The predicted molar refractivity (Wildman–Crippen MR) is 79.0 cm³/mol. The van der Waals surface area contributed by atoms with Gasteiger partial charge in [0.1, 0.15) is 0 Å². The molecule has 1 aromatic rings. The van der Waals surface area contributed by atoms with Crippen LogP contribution in [-0.2, 0) is 4.74 Å². The Hall–Kier alpha value is -0.900. The second-order valence-electron chi connectivity index (χ2n) is 4.80. The molecule has 0 aliphatic rings. The molecule has 0 aromatic heterocycles. The highest BCUT2D eigenvalue weighted by atomic mass is 35.5. The van der Waals surface area contributed by atoms with Crippen LogP contribution in [0.5, 0.6) is 0 Å². The lowest BCUT2D eigenvalue weighted by Gasteiger charge is -2.25. The maximum absolute atomic E-state index is 12.1. The Kier molecular flexibility index (Phi) is 7.06. The minimum Gasteiger partial charge on any atom is -0.383 e. The molecule has 3 nitrogen and oxygen atoms in total. The van der Waals surface area contributed by atoms with E-state index in [0.717, 1.165) is 18.7 Å². The van der Waals surface area contributed by atoms with Crippen molar-refractivity contribution in [2.24, 2.45) is 0 Å². The van der Waals surface area contributed by atoms with Crippen molar-refractivity contribution in [2.45, 2.75) is 26.3 Å². The monoisotopic (exact) mass is 283 g/mol. The Bertz CT molecular complexity index is 390. The van der Waals surface area contributed by atoms with Crippen molar-refractivity contribution in [3.63, 3.8) is 0 Å². The standard InChI is InChI=1S/C15H22ClNO2/c1-12(2)17(10-11-19-3)9-8-15(18)13-4-6-14(16)7-5-13/h4-7,12H,8-11H2,1-3H3. The van der Waals surface area contributed by atoms with Gasteiger partial charge in [-0.05, 0) is 38.1 Å². The van der Waals surface area contributed by atoms with Crippen molar-refractivity contribution in [2.75, 3.05) is 26.8 Å². The average Bonchev–Trinajstić information content (AvgIpc) is 2.39. The largest absolute Gasteiger partial charge is 0.383 e. The molecule has 1 rings (SSSR count). The van der Waals surface area contributed by atoms with Crippen LogP contribution in [0, 0.1) is 0 Å². The third-order valence-electron chi connectivity index (χ3n) is 3.11. The molecule has 0 heterocycles. The van der Waals surface area contributed by atoms with E-state index in [-0.39, 0.29) is 5.78 Å². The Morgan fingerprint density at radius 2 is 1.89 bits per heavy atom. The molecule has 0 radical (unpaired) electrons. The summed E-state index contributed by atoms with van der Waals surface area (Å²) in [7, 11) is 1.69. The summed E-state index contributed by atoms with van der Waals surface area (Å²) in [4.78, 5) is 14.3. The van der Waals surface area contributed by atoms with Gasteiger partial charge < -0.3 is 4.74 Å². The van der Waals surface area contributed by atoms with Crippen molar-refractivity contribution in [3.05, 3.63) is 34.9 Å². The highest BCUT2D eigenvalue weighted by Gasteiger charge is 2.12. The van der Waals surface area contributed by atoms with E-state index in [9.17, 15) is 4.79 Å². The van der Waals surface area contributed by atoms with Gasteiger partial charge >= 0.3 is 0 Å². The predicted octanol–water partition coefficient (Wildman–Crippen LogP) is 3.27. The summed E-state index contributed by atoms with van der Waals surface area (Å²) < 4.78 is 5.09. The van der Waals surface area contributed by atoms with Crippen LogP contribution in [-0.4, -0.2) is 43.5 Å². The molecule has 0 amide bonds. The lowest BCUT2D eigenvalue weighted by molar-refractivity contribution is 0.0927. The highest BCUT2D eigenvalue weighted by molar-refractivity contribution is 6.30. The number of methoxy groups -OCH3 is 1. The maximum atomic E-state index is 12.1. The fourth-order valence-electron chi connectivity index (χ4n) is 1.86. The van der Waals surface area contributed by atoms with E-state index in [1.165, 1.54) is 0 Å². The molecule has 0 unspecified atom stereocenters. The molecular weight excluding hydrogens is 262 g/mol. The average molecular weight is 284 g/mol. The number of hydrogen-bond donors (Lipinski definition) is 0. The van der Waals surface area contributed by atoms with Crippen molar-refractivity contribution >= 4 is 17.4 Å². The van der Waals surface area contributed by atoms with Gasteiger partial charge in [-0.1, -0.05) is 11.6 Å². The SMILES string of the molecule is COCCN(CCC(=O)c1ccc(Cl)cc1)C(C)C. The first-order valence-corrected chi connectivity index (χ1v) is 6.94. The number of halogens is 1. The zero-order valence-electron chi connectivity index (χ0n) is 11.9. The summed E-state index contributed by atoms with van der Waals surface area (Å²) in [5.41, 5.74) is 0.722. The lowest BCUT2D eigenvalue weighted by atomic mass is 10.1. The number of nitrogens with zero attached hydrogens (tertiary/aromatic N) is 1. The van der Waals surface area contributed by atoms with Gasteiger partial charge in [0.25, 0.3) is 0 Å². The maximum Gasteiger partial charge on any atom is 0.164 e. The Balaban J connectivity index is 2.49. The van der Waals surface area contributed by atoms with Crippen molar-refractivity contribution in [1.29, 1.82) is 0 Å². The summed E-state index contributed by atoms with van der Waals surface area (Å²) in [5, 5.41) is 0.653. The fourth-order valence-corrected chi connectivity index (χ4v) is 1.99. The molecular formula is C15H22ClNO2. The van der Waals surface area contributed by atoms with Gasteiger partial charge in [-0.2, -0.15) is 0 Å². The third-order valence-corrected chi connectivity index (χ3v) is 3.36. The van der Waals surface area contributed by atoms with Gasteiger partial charge in [0, 0.05) is 43.2 Å². The molecule has 106 valence electrons. The Labute approximate surface area is 120 Å². The molecule has 0 saturated heterocycles. The van der Waals surface area contributed by atoms with Gasteiger partial charge in [-0.15, -0.1) is 0 Å². The number of Topliss-reactive ketones (excluding diaryl/α,β-unsaturated/α-hetero) is 1. The van der Waals surface area contributed by atoms with E-state index in [0.29, 0.717) is 24.1 Å². The van der Waals surface area contributed by atoms with Gasteiger partial charge in [0.15, 0.2) is 5.78 Å². The van der Waals surface area contributed by atoms with E-state index >= 15 is 0 Å². The summed E-state index contributed by atoms with van der Waals surface area (Å²) in [6, 6.07) is 7.46. The third kappa shape index (κ3) is 5.72. The first-order chi connectivity index (χ1) is 9.04. The second kappa shape index (κ2) is 8.31. The zero-order chi connectivity index (χ0) is 14.3. The number of carbonyl (C=O) groups is 1. The number of carbonyl (C=O) groups excluding carboxylic acids is 1. The van der Waals surface area contributed by atoms with E-state index in [1.807, 2.05) is 0 Å². The topological polar surface area (TPSA) is 29.5 Å². The summed E-state index contributed by atoms with van der Waals surface area (Å²) >= 11 is 5.81. The van der Waals surface area contributed by atoms with Crippen molar-refractivity contribution in [1.82, 2.24) is 4.90 Å². The zero-order valence-corrected chi connectivity index (χ0v) is 12.6. The van der Waals surface area contributed by atoms with Gasteiger partial charge in [0.05, 0.1) is 6.61 Å². The van der Waals surface area contributed by atoms with E-state index in [2.05, 4.69) is 18.7 Å². The van der Waals surface area contributed by atoms with E-state index in [1.54, 1.807) is 31.4 Å². The number of benzene rings is 1. The molecule has 1 aromatic carbocycles. The first-order valence-electron chi connectivity index (χ1n) is 6.56. The highest BCUT2D eigenvalue weighted by Crippen LogP contribution is 2.11. The Morgan fingerprint density at radius 3 is 2.42 bits per heavy atom. The van der Waals surface area contributed by atoms with Gasteiger partial charge in [0.2, 0.25) is 0 Å². The summed E-state index contributed by atoms with van der Waals surface area (Å²) in [6.45, 7) is 6.54. The van der Waals surface area contributed by atoms with Crippen LogP contribution in [0.2, 0.25) is 5.02 Å². The van der Waals surface area contributed by atoms with Crippen LogP contribution in [0.15, 0.2) is 24.3 Å². The van der Waals surface area contributed by atoms with Crippen molar-refractivity contribution in [3.8, 4) is 0 Å². The van der Waals surface area contributed by atoms with Crippen LogP contribution in [0.1, 0.15) is 30.6 Å². The fraction of sp³-hybridized carbons (Fsp3) is 0.533. The number of ether oxygens (including phenoxy) is 1. The van der Waals surface area contributed by atoms with Crippen LogP contribution in [0.4, 0.5) is 0 Å². The molecule has 0 spiro atoms. The van der Waals surface area contributed by atoms with Crippen LogP contribution < -0.4 is 0 Å². The van der Waals surface area contributed by atoms with E-state index < -0.39 is 0 Å². The summed E-state index contributed by atoms with van der Waals surface area (Å²) in [6.07, 6.45) is 0.517. The molecule has 19 heavy (non-hydrogen) atoms. The van der Waals surface area contributed by atoms with Crippen LogP contribution in [0.3, 0.4) is 0 Å². The minimum atomic E-state index is 0.153. The van der Waals surface area contributed by atoms with E-state index in [4.69, 9.17) is 16.3 Å². The number of hydrogen-bond acceptors (Lipinski definition) is 3. The normalized spacial score (nSPS) is 11.3. The van der Waals surface area contributed by atoms with Crippen LogP contribution >= 0.6 is 11.6 Å². The first kappa shape index (κ1) is 16.2. The van der Waals surface area contributed by atoms with Gasteiger partial charge in [-0.3, -0.25) is 9.69 Å². The molecule has 0 aliphatic heterocycles. The van der Waals surface area contributed by atoms with Crippen molar-refractivity contribution < 1.29 is 9.53 Å². The van der Waals surface area contributed by atoms with Crippen LogP contribution in [0.25, 0.3) is 0 Å². The Morgan fingerprint density at radius 1 is 1.26 bits per heavy atom. The molecule has 4 heteroatoms. The molecule has 0 fully saturated rings. The summed E-state index contributed by atoms with van der Waals surface area (Å²) in [5.74, 6) is 0.153. The number of rotatable bonds is 8. The van der Waals surface area contributed by atoms with Gasteiger partial charge in [-0.25, -0.2) is 0 Å². The number of ketones is 1. The minimum absolute atomic E-state index is 0.153. The molecule has 0 aliphatic carbocycles. The second-order valence-corrected chi connectivity index (χ2v) is 5.24. The molecule has 0 saturated carbocycles. The lowest BCUT2D eigenvalue weighted by Crippen LogP contribution is -2.35. The molecule has 0 N–H and O–H groups in total. The molecule has 0 bridgehead atoms.